The van der Waals surface area contributed by atoms with E-state index in [4.69, 9.17) is 10.9 Å². The molecule has 1 rings (SSSR count). The zero-order chi connectivity index (χ0) is 14.3. The SMILES string of the molecule is CC(C)CN(CCC(N)=NO)Cc1ccccc1Br. The molecule has 0 aliphatic rings. The van der Waals surface area contributed by atoms with Gasteiger partial charge in [-0.2, -0.15) is 0 Å². The van der Waals surface area contributed by atoms with Gasteiger partial charge in [0.1, 0.15) is 5.84 Å². The first kappa shape index (κ1) is 16.0. The molecule has 0 spiro atoms. The Hall–Kier alpha value is -1.07. The summed E-state index contributed by atoms with van der Waals surface area (Å²) in [5.41, 5.74) is 6.79. The summed E-state index contributed by atoms with van der Waals surface area (Å²) >= 11 is 3.57. The lowest BCUT2D eigenvalue weighted by Gasteiger charge is -2.24. The molecule has 4 nitrogen and oxygen atoms in total. The van der Waals surface area contributed by atoms with Gasteiger partial charge >= 0.3 is 0 Å². The van der Waals surface area contributed by atoms with Crippen molar-refractivity contribution in [3.8, 4) is 0 Å². The van der Waals surface area contributed by atoms with Crippen molar-refractivity contribution >= 4 is 21.8 Å². The summed E-state index contributed by atoms with van der Waals surface area (Å²) in [7, 11) is 0. The maximum absolute atomic E-state index is 8.60. The molecular weight excluding hydrogens is 306 g/mol. The summed E-state index contributed by atoms with van der Waals surface area (Å²) in [6, 6.07) is 8.21. The van der Waals surface area contributed by atoms with Crippen LogP contribution < -0.4 is 5.73 Å². The van der Waals surface area contributed by atoms with Crippen LogP contribution in [0.5, 0.6) is 0 Å². The summed E-state index contributed by atoms with van der Waals surface area (Å²) in [4.78, 5) is 2.32. The van der Waals surface area contributed by atoms with Gasteiger partial charge in [0.05, 0.1) is 0 Å². The molecule has 5 heteroatoms. The van der Waals surface area contributed by atoms with Crippen LogP contribution in [0.25, 0.3) is 0 Å². The van der Waals surface area contributed by atoms with Gasteiger partial charge < -0.3 is 10.9 Å². The molecule has 0 aliphatic heterocycles. The predicted octanol–water partition coefficient (Wildman–Crippen LogP) is 3.04. The Kier molecular flexibility index (Phi) is 6.87. The van der Waals surface area contributed by atoms with Crippen LogP contribution in [-0.2, 0) is 6.54 Å². The van der Waals surface area contributed by atoms with Gasteiger partial charge in [-0.25, -0.2) is 0 Å². The van der Waals surface area contributed by atoms with E-state index in [2.05, 4.69) is 45.9 Å². The fourth-order valence-electron chi connectivity index (χ4n) is 1.94. The largest absolute Gasteiger partial charge is 0.409 e. The number of hydrogen-bond acceptors (Lipinski definition) is 3. The lowest BCUT2D eigenvalue weighted by Crippen LogP contribution is -2.31. The van der Waals surface area contributed by atoms with Crippen molar-refractivity contribution in [1.82, 2.24) is 4.90 Å². The molecule has 0 saturated carbocycles. The monoisotopic (exact) mass is 327 g/mol. The Morgan fingerprint density at radius 1 is 1.42 bits per heavy atom. The molecule has 3 N–H and O–H groups in total. The first-order valence-corrected chi connectivity index (χ1v) is 7.24. The molecule has 0 heterocycles. The minimum atomic E-state index is 0.279. The molecule has 0 amide bonds. The predicted molar refractivity (Wildman–Crippen MR) is 82.3 cm³/mol. The highest BCUT2D eigenvalue weighted by atomic mass is 79.9. The Bertz CT molecular complexity index is 421. The van der Waals surface area contributed by atoms with E-state index in [1.54, 1.807) is 0 Å². The van der Waals surface area contributed by atoms with E-state index in [0.29, 0.717) is 12.3 Å². The van der Waals surface area contributed by atoms with Crippen molar-refractivity contribution in [2.24, 2.45) is 16.8 Å². The molecule has 106 valence electrons. The van der Waals surface area contributed by atoms with Crippen molar-refractivity contribution in [2.45, 2.75) is 26.8 Å². The Labute approximate surface area is 123 Å². The lowest BCUT2D eigenvalue weighted by molar-refractivity contribution is 0.240. The second kappa shape index (κ2) is 8.17. The third-order valence-corrected chi connectivity index (χ3v) is 3.56. The summed E-state index contributed by atoms with van der Waals surface area (Å²) in [5.74, 6) is 0.857. The topological polar surface area (TPSA) is 61.8 Å². The van der Waals surface area contributed by atoms with Gasteiger partial charge in [0.2, 0.25) is 0 Å². The van der Waals surface area contributed by atoms with Gasteiger partial charge in [-0.05, 0) is 17.5 Å². The van der Waals surface area contributed by atoms with Gasteiger partial charge in [0, 0.05) is 30.5 Å². The zero-order valence-corrected chi connectivity index (χ0v) is 13.1. The Balaban J connectivity index is 2.66. The molecule has 0 aromatic heterocycles. The number of oxime groups is 1. The Morgan fingerprint density at radius 3 is 2.68 bits per heavy atom. The summed E-state index contributed by atoms with van der Waals surface area (Å²) in [6.45, 7) is 7.01. The molecular formula is C14H22BrN3O. The third-order valence-electron chi connectivity index (χ3n) is 2.79. The van der Waals surface area contributed by atoms with E-state index in [1.807, 2.05) is 18.2 Å². The minimum Gasteiger partial charge on any atom is -0.409 e. The number of rotatable bonds is 7. The van der Waals surface area contributed by atoms with Crippen LogP contribution in [-0.4, -0.2) is 29.0 Å². The van der Waals surface area contributed by atoms with Crippen LogP contribution in [0.15, 0.2) is 33.9 Å². The first-order valence-electron chi connectivity index (χ1n) is 6.45. The minimum absolute atomic E-state index is 0.279. The van der Waals surface area contributed by atoms with Crippen molar-refractivity contribution in [2.75, 3.05) is 13.1 Å². The number of amidine groups is 1. The van der Waals surface area contributed by atoms with E-state index >= 15 is 0 Å². The zero-order valence-electron chi connectivity index (χ0n) is 11.5. The standard InChI is InChI=1S/C14H22BrN3O/c1-11(2)9-18(8-7-14(16)17-19)10-12-5-3-4-6-13(12)15/h3-6,11,19H,7-10H2,1-2H3,(H2,16,17). The molecule has 0 unspecified atom stereocenters. The number of nitrogens with zero attached hydrogens (tertiary/aromatic N) is 2. The van der Waals surface area contributed by atoms with Crippen LogP contribution in [0.4, 0.5) is 0 Å². The van der Waals surface area contributed by atoms with Crippen LogP contribution in [0.3, 0.4) is 0 Å². The van der Waals surface area contributed by atoms with Crippen molar-refractivity contribution in [3.05, 3.63) is 34.3 Å². The summed E-state index contributed by atoms with van der Waals surface area (Å²) in [5, 5.41) is 11.6. The lowest BCUT2D eigenvalue weighted by atomic mass is 10.1. The third kappa shape index (κ3) is 6.07. The second-order valence-electron chi connectivity index (χ2n) is 5.06. The van der Waals surface area contributed by atoms with Crippen molar-refractivity contribution < 1.29 is 5.21 Å². The molecule has 0 aliphatic carbocycles. The number of halogens is 1. The molecule has 0 fully saturated rings. The van der Waals surface area contributed by atoms with E-state index in [9.17, 15) is 0 Å². The smallest absolute Gasteiger partial charge is 0.140 e. The number of hydrogen-bond donors (Lipinski definition) is 2. The average Bonchev–Trinajstić information content (AvgIpc) is 2.37. The van der Waals surface area contributed by atoms with Gasteiger partial charge in [-0.1, -0.05) is 53.1 Å². The molecule has 19 heavy (non-hydrogen) atoms. The van der Waals surface area contributed by atoms with Crippen molar-refractivity contribution in [3.63, 3.8) is 0 Å². The maximum Gasteiger partial charge on any atom is 0.140 e. The number of nitrogens with two attached hydrogens (primary N) is 1. The molecule has 1 aromatic rings. The highest BCUT2D eigenvalue weighted by Crippen LogP contribution is 2.18. The van der Waals surface area contributed by atoms with Crippen LogP contribution >= 0.6 is 15.9 Å². The van der Waals surface area contributed by atoms with Gasteiger partial charge in [-0.3, -0.25) is 4.90 Å². The fraction of sp³-hybridized carbons (Fsp3) is 0.500. The van der Waals surface area contributed by atoms with E-state index in [1.165, 1.54) is 5.56 Å². The van der Waals surface area contributed by atoms with Gasteiger partial charge in [-0.15, -0.1) is 0 Å². The van der Waals surface area contributed by atoms with E-state index in [-0.39, 0.29) is 5.84 Å². The highest BCUT2D eigenvalue weighted by molar-refractivity contribution is 9.10. The first-order chi connectivity index (χ1) is 9.02. The number of benzene rings is 1. The fourth-order valence-corrected chi connectivity index (χ4v) is 2.35. The van der Waals surface area contributed by atoms with E-state index in [0.717, 1.165) is 24.1 Å². The van der Waals surface area contributed by atoms with Crippen LogP contribution in [0, 0.1) is 5.92 Å². The van der Waals surface area contributed by atoms with Crippen LogP contribution in [0.2, 0.25) is 0 Å². The quantitative estimate of drug-likeness (QED) is 0.350. The normalized spacial score (nSPS) is 12.4. The molecule has 1 aromatic carbocycles. The summed E-state index contributed by atoms with van der Waals surface area (Å²) in [6.07, 6.45) is 0.577. The molecule has 0 bridgehead atoms. The Morgan fingerprint density at radius 2 is 2.11 bits per heavy atom. The van der Waals surface area contributed by atoms with Gasteiger partial charge in [0.25, 0.3) is 0 Å². The van der Waals surface area contributed by atoms with Gasteiger partial charge in [0.15, 0.2) is 0 Å². The molecule has 0 radical (unpaired) electrons. The van der Waals surface area contributed by atoms with E-state index < -0.39 is 0 Å². The molecule has 0 saturated heterocycles. The maximum atomic E-state index is 8.60. The highest BCUT2D eigenvalue weighted by Gasteiger charge is 2.10. The average molecular weight is 328 g/mol. The molecule has 0 atom stereocenters. The second-order valence-corrected chi connectivity index (χ2v) is 5.92. The summed E-state index contributed by atoms with van der Waals surface area (Å²) < 4.78 is 1.12. The van der Waals surface area contributed by atoms with Crippen molar-refractivity contribution in [1.29, 1.82) is 0 Å². The van der Waals surface area contributed by atoms with Crippen LogP contribution in [0.1, 0.15) is 25.8 Å².